The number of amides is 1. The molecule has 1 amide bonds. The summed E-state index contributed by atoms with van der Waals surface area (Å²) in [6.07, 6.45) is -1.67. The number of carbonyl (C=O) groups is 1. The van der Waals surface area contributed by atoms with Crippen LogP contribution in [0.25, 0.3) is 10.8 Å². The lowest BCUT2D eigenvalue weighted by atomic mass is 9.91. The second kappa shape index (κ2) is 7.15. The van der Waals surface area contributed by atoms with Crippen molar-refractivity contribution < 1.29 is 18.0 Å². The van der Waals surface area contributed by atoms with Gasteiger partial charge in [-0.1, -0.05) is 49.7 Å². The molecule has 3 rings (SSSR count). The summed E-state index contributed by atoms with van der Waals surface area (Å²) < 4.78 is 42.2. The molecule has 1 N–H and O–H groups in total. The van der Waals surface area contributed by atoms with Gasteiger partial charge in [0.05, 0.1) is 5.41 Å². The van der Waals surface area contributed by atoms with Crippen molar-refractivity contribution in [2.75, 3.05) is 6.54 Å². The molecule has 0 spiro atoms. The zero-order valence-corrected chi connectivity index (χ0v) is 15.9. The average Bonchev–Trinajstić information content (AvgIpc) is 2.85. The van der Waals surface area contributed by atoms with Gasteiger partial charge in [0.25, 0.3) is 0 Å². The van der Waals surface area contributed by atoms with Gasteiger partial charge in [-0.05, 0) is 48.6 Å². The molecule has 2 aromatic carbocycles. The molecule has 0 bridgehead atoms. The van der Waals surface area contributed by atoms with E-state index < -0.39 is 17.6 Å². The van der Waals surface area contributed by atoms with Crippen molar-refractivity contribution in [3.05, 3.63) is 47.5 Å². The van der Waals surface area contributed by atoms with E-state index in [1.54, 1.807) is 38.1 Å². The zero-order valence-electron chi connectivity index (χ0n) is 15.9. The number of unbranched alkanes of at least 4 members (excludes halogenated alkanes) is 1. The van der Waals surface area contributed by atoms with Crippen molar-refractivity contribution in [1.82, 2.24) is 10.4 Å². The molecule has 0 aliphatic carbocycles. The molecule has 0 saturated carbocycles. The SMILES string of the molecule is CCCCc1ccc([C@H](N2CC(C)(C)C(=O)N2)C(F)(F)F)c2ccccc12. The third-order valence-corrected chi connectivity index (χ3v) is 5.19. The first-order chi connectivity index (χ1) is 12.6. The molecule has 0 radical (unpaired) electrons. The Morgan fingerprint density at radius 3 is 2.37 bits per heavy atom. The number of hydrazine groups is 1. The summed E-state index contributed by atoms with van der Waals surface area (Å²) >= 11 is 0. The average molecular weight is 378 g/mol. The largest absolute Gasteiger partial charge is 0.409 e. The standard InChI is InChI=1S/C21H25F3N2O/c1-4-5-8-14-11-12-17(16-10-7-6-9-15(14)16)18(21(22,23)24)26-13-20(2,3)19(27)25-26/h6-7,9-12,18H,4-5,8,13H2,1-3H3,(H,25,27)/t18-/m0/s1. The number of alkyl halides is 3. The van der Waals surface area contributed by atoms with Crippen molar-refractivity contribution in [3.63, 3.8) is 0 Å². The predicted molar refractivity (Wildman–Crippen MR) is 100.0 cm³/mol. The Labute approximate surface area is 157 Å². The fourth-order valence-electron chi connectivity index (χ4n) is 3.70. The molecule has 1 fully saturated rings. The number of hydrogen-bond donors (Lipinski definition) is 1. The van der Waals surface area contributed by atoms with Crippen LogP contribution < -0.4 is 5.43 Å². The summed E-state index contributed by atoms with van der Waals surface area (Å²) in [5.74, 6) is -0.388. The van der Waals surface area contributed by atoms with Crippen LogP contribution >= 0.6 is 0 Å². The summed E-state index contributed by atoms with van der Waals surface area (Å²) in [7, 11) is 0. The van der Waals surface area contributed by atoms with Crippen molar-refractivity contribution >= 4 is 16.7 Å². The topological polar surface area (TPSA) is 32.3 Å². The molecule has 0 aromatic heterocycles. The number of carbonyl (C=O) groups excluding carboxylic acids is 1. The summed E-state index contributed by atoms with van der Waals surface area (Å²) in [4.78, 5) is 12.1. The quantitative estimate of drug-likeness (QED) is 0.780. The highest BCUT2D eigenvalue weighted by Gasteiger charge is 2.51. The first kappa shape index (κ1) is 19.7. The molecule has 1 aliphatic rings. The number of nitrogens with zero attached hydrogens (tertiary/aromatic N) is 1. The Kier molecular flexibility index (Phi) is 5.21. The number of fused-ring (bicyclic) bond motifs is 1. The first-order valence-electron chi connectivity index (χ1n) is 9.30. The van der Waals surface area contributed by atoms with Crippen LogP contribution in [0.3, 0.4) is 0 Å². The van der Waals surface area contributed by atoms with Gasteiger partial charge in [-0.15, -0.1) is 0 Å². The number of hydrogen-bond acceptors (Lipinski definition) is 2. The van der Waals surface area contributed by atoms with Crippen molar-refractivity contribution in [1.29, 1.82) is 0 Å². The van der Waals surface area contributed by atoms with Gasteiger partial charge in [-0.25, -0.2) is 5.01 Å². The van der Waals surface area contributed by atoms with Crippen LogP contribution in [0, 0.1) is 5.41 Å². The van der Waals surface area contributed by atoms with Crippen LogP contribution in [0.15, 0.2) is 36.4 Å². The van der Waals surface area contributed by atoms with Crippen molar-refractivity contribution in [3.8, 4) is 0 Å². The van der Waals surface area contributed by atoms with E-state index in [-0.39, 0.29) is 18.0 Å². The fourth-order valence-corrected chi connectivity index (χ4v) is 3.70. The third kappa shape index (κ3) is 3.81. The van der Waals surface area contributed by atoms with Crippen molar-refractivity contribution in [2.24, 2.45) is 5.41 Å². The van der Waals surface area contributed by atoms with E-state index in [0.29, 0.717) is 5.39 Å². The third-order valence-electron chi connectivity index (χ3n) is 5.19. The molecule has 3 nitrogen and oxygen atoms in total. The molecule has 1 atom stereocenters. The van der Waals surface area contributed by atoms with E-state index in [1.807, 2.05) is 12.1 Å². The van der Waals surface area contributed by atoms with Gasteiger partial charge in [0.1, 0.15) is 0 Å². The molecule has 2 aromatic rings. The number of nitrogens with one attached hydrogen (secondary N) is 1. The molecule has 1 saturated heterocycles. The number of rotatable bonds is 5. The highest BCUT2D eigenvalue weighted by atomic mass is 19.4. The molecule has 1 aliphatic heterocycles. The van der Waals surface area contributed by atoms with E-state index in [4.69, 9.17) is 0 Å². The van der Waals surface area contributed by atoms with Crippen LogP contribution in [-0.4, -0.2) is 23.6 Å². The van der Waals surface area contributed by atoms with E-state index in [2.05, 4.69) is 12.3 Å². The number of aryl methyl sites for hydroxylation is 1. The van der Waals surface area contributed by atoms with Gasteiger partial charge in [-0.3, -0.25) is 10.2 Å². The highest BCUT2D eigenvalue weighted by Crippen LogP contribution is 2.43. The molecule has 6 heteroatoms. The minimum atomic E-state index is -4.51. The second-order valence-corrected chi connectivity index (χ2v) is 7.86. The number of halogens is 3. The maximum Gasteiger partial charge on any atom is 0.409 e. The van der Waals surface area contributed by atoms with Gasteiger partial charge in [0, 0.05) is 6.54 Å². The van der Waals surface area contributed by atoms with Crippen LogP contribution in [0.5, 0.6) is 0 Å². The Balaban J connectivity index is 2.11. The monoisotopic (exact) mass is 378 g/mol. The molecule has 146 valence electrons. The molecular formula is C21H25F3N2O. The minimum Gasteiger partial charge on any atom is -0.287 e. The first-order valence-corrected chi connectivity index (χ1v) is 9.30. The van der Waals surface area contributed by atoms with Gasteiger partial charge < -0.3 is 0 Å². The Bertz CT molecular complexity index is 845. The predicted octanol–water partition coefficient (Wildman–Crippen LogP) is 5.16. The summed E-state index contributed by atoms with van der Waals surface area (Å²) in [5, 5.41) is 2.48. The van der Waals surface area contributed by atoms with Gasteiger partial charge >= 0.3 is 6.18 Å². The van der Waals surface area contributed by atoms with E-state index in [1.165, 1.54) is 0 Å². The minimum absolute atomic E-state index is 0.00191. The van der Waals surface area contributed by atoms with Crippen LogP contribution in [0.4, 0.5) is 13.2 Å². The van der Waals surface area contributed by atoms with E-state index in [0.717, 1.165) is 35.2 Å². The second-order valence-electron chi connectivity index (χ2n) is 7.86. The Morgan fingerprint density at radius 1 is 1.15 bits per heavy atom. The fraction of sp³-hybridized carbons (Fsp3) is 0.476. The summed E-state index contributed by atoms with van der Waals surface area (Å²) in [5.41, 5.74) is 2.81. The lowest BCUT2D eigenvalue weighted by Crippen LogP contribution is -2.43. The summed E-state index contributed by atoms with van der Waals surface area (Å²) in [6, 6.07) is 8.72. The summed E-state index contributed by atoms with van der Waals surface area (Å²) in [6.45, 7) is 5.40. The normalized spacial score (nSPS) is 18.7. The highest BCUT2D eigenvalue weighted by molar-refractivity contribution is 5.89. The molecule has 0 unspecified atom stereocenters. The molecule has 27 heavy (non-hydrogen) atoms. The maximum absolute atomic E-state index is 14.1. The number of benzene rings is 2. The lowest BCUT2D eigenvalue weighted by molar-refractivity contribution is -0.191. The van der Waals surface area contributed by atoms with Crippen LogP contribution in [0.2, 0.25) is 0 Å². The van der Waals surface area contributed by atoms with Crippen molar-refractivity contribution in [2.45, 2.75) is 52.3 Å². The van der Waals surface area contributed by atoms with Crippen LogP contribution in [0.1, 0.15) is 50.8 Å². The maximum atomic E-state index is 14.1. The smallest absolute Gasteiger partial charge is 0.287 e. The molecular weight excluding hydrogens is 353 g/mol. The van der Waals surface area contributed by atoms with Gasteiger partial charge in [0.15, 0.2) is 6.04 Å². The zero-order chi connectivity index (χ0) is 19.8. The Morgan fingerprint density at radius 2 is 1.81 bits per heavy atom. The van der Waals surface area contributed by atoms with E-state index >= 15 is 0 Å². The van der Waals surface area contributed by atoms with Crippen LogP contribution in [-0.2, 0) is 11.2 Å². The van der Waals surface area contributed by atoms with E-state index in [9.17, 15) is 18.0 Å². The van der Waals surface area contributed by atoms with Gasteiger partial charge in [-0.2, -0.15) is 13.2 Å². The lowest BCUT2D eigenvalue weighted by Gasteiger charge is -2.31. The van der Waals surface area contributed by atoms with Gasteiger partial charge in [0.2, 0.25) is 5.91 Å². The Hall–Kier alpha value is -2.08. The molecule has 1 heterocycles.